The van der Waals surface area contributed by atoms with Gasteiger partial charge in [0.15, 0.2) is 0 Å². The maximum atomic E-state index is 12.3. The Morgan fingerprint density at radius 3 is 2.34 bits per heavy atom. The molecule has 2 amide bonds. The standard InChI is InChI=1S/C20H18N2O6S/c1-29-17-9-8-13(12-16(17)22(26)27)20(25)28-11-5-4-10-21-18(23)14-6-2-3-7-15(14)19(21)24/h2-3,6-9,12H,4-5,10-11H2,1H3. The number of hydrogen-bond acceptors (Lipinski definition) is 7. The van der Waals surface area contributed by atoms with E-state index in [1.165, 1.54) is 34.9 Å². The lowest BCUT2D eigenvalue weighted by atomic mass is 10.1. The van der Waals surface area contributed by atoms with Gasteiger partial charge in [0.1, 0.15) is 0 Å². The van der Waals surface area contributed by atoms with Gasteiger partial charge in [-0.3, -0.25) is 24.6 Å². The number of fused-ring (bicyclic) bond motifs is 1. The Kier molecular flexibility index (Phi) is 6.28. The highest BCUT2D eigenvalue weighted by atomic mass is 32.2. The Morgan fingerprint density at radius 1 is 1.10 bits per heavy atom. The zero-order valence-electron chi connectivity index (χ0n) is 15.6. The second kappa shape index (κ2) is 8.87. The van der Waals surface area contributed by atoms with Crippen LogP contribution in [-0.4, -0.2) is 47.0 Å². The lowest BCUT2D eigenvalue weighted by Gasteiger charge is -2.13. The number of unbranched alkanes of at least 4 members (excludes halogenated alkanes) is 1. The molecule has 0 aromatic heterocycles. The van der Waals surface area contributed by atoms with Crippen LogP contribution in [-0.2, 0) is 4.74 Å². The van der Waals surface area contributed by atoms with Crippen molar-refractivity contribution in [1.82, 2.24) is 4.90 Å². The van der Waals surface area contributed by atoms with Gasteiger partial charge in [-0.1, -0.05) is 12.1 Å². The lowest BCUT2D eigenvalue weighted by Crippen LogP contribution is -2.30. The third-order valence-electron chi connectivity index (χ3n) is 4.50. The van der Waals surface area contributed by atoms with Crippen molar-refractivity contribution in [2.45, 2.75) is 17.7 Å². The molecule has 2 aromatic rings. The number of carbonyl (C=O) groups excluding carboxylic acids is 3. The fraction of sp³-hybridized carbons (Fsp3) is 0.250. The molecular weight excluding hydrogens is 396 g/mol. The van der Waals surface area contributed by atoms with E-state index < -0.39 is 10.9 Å². The topological polar surface area (TPSA) is 107 Å². The summed E-state index contributed by atoms with van der Waals surface area (Å²) in [5.74, 6) is -1.28. The largest absolute Gasteiger partial charge is 0.462 e. The molecule has 0 saturated heterocycles. The molecule has 1 aliphatic heterocycles. The van der Waals surface area contributed by atoms with Crippen LogP contribution in [0.4, 0.5) is 5.69 Å². The molecule has 0 saturated carbocycles. The number of ether oxygens (including phenoxy) is 1. The van der Waals surface area contributed by atoms with Crippen molar-refractivity contribution in [3.05, 3.63) is 69.3 Å². The number of benzene rings is 2. The maximum absolute atomic E-state index is 12.3. The van der Waals surface area contributed by atoms with Crippen LogP contribution >= 0.6 is 11.8 Å². The number of imide groups is 1. The zero-order chi connectivity index (χ0) is 21.0. The third kappa shape index (κ3) is 4.29. The molecule has 9 heteroatoms. The highest BCUT2D eigenvalue weighted by Gasteiger charge is 2.34. The number of nitro benzene ring substituents is 1. The summed E-state index contributed by atoms with van der Waals surface area (Å²) in [6.07, 6.45) is 2.64. The third-order valence-corrected chi connectivity index (χ3v) is 5.28. The number of nitrogens with zero attached hydrogens (tertiary/aromatic N) is 2. The molecule has 8 nitrogen and oxygen atoms in total. The summed E-state index contributed by atoms with van der Waals surface area (Å²) in [7, 11) is 0. The van der Waals surface area contributed by atoms with E-state index in [0.717, 1.165) is 0 Å². The van der Waals surface area contributed by atoms with Gasteiger partial charge in [-0.2, -0.15) is 0 Å². The second-order valence-corrected chi connectivity index (χ2v) is 7.14. The number of thioether (sulfide) groups is 1. The number of amides is 2. The average molecular weight is 414 g/mol. The van der Waals surface area contributed by atoms with Crippen molar-refractivity contribution in [2.75, 3.05) is 19.4 Å². The molecule has 0 atom stereocenters. The Balaban J connectivity index is 1.48. The monoisotopic (exact) mass is 414 g/mol. The molecule has 0 unspecified atom stereocenters. The number of esters is 1. The van der Waals surface area contributed by atoms with E-state index in [0.29, 0.717) is 28.9 Å². The maximum Gasteiger partial charge on any atom is 0.338 e. The van der Waals surface area contributed by atoms with Crippen LogP contribution in [0.25, 0.3) is 0 Å². The summed E-state index contributed by atoms with van der Waals surface area (Å²) in [5.41, 5.74) is 0.769. The minimum Gasteiger partial charge on any atom is -0.462 e. The summed E-state index contributed by atoms with van der Waals surface area (Å²) >= 11 is 1.22. The highest BCUT2D eigenvalue weighted by molar-refractivity contribution is 7.98. The Morgan fingerprint density at radius 2 is 1.76 bits per heavy atom. The molecule has 1 heterocycles. The number of hydrogen-bond donors (Lipinski definition) is 0. The molecule has 0 aliphatic carbocycles. The summed E-state index contributed by atoms with van der Waals surface area (Å²) in [4.78, 5) is 48.9. The van der Waals surface area contributed by atoms with Crippen molar-refractivity contribution in [3.63, 3.8) is 0 Å². The summed E-state index contributed by atoms with van der Waals surface area (Å²) in [6, 6.07) is 10.9. The first-order valence-corrected chi connectivity index (χ1v) is 10.1. The first-order chi connectivity index (χ1) is 13.9. The van der Waals surface area contributed by atoms with Gasteiger partial charge in [0.2, 0.25) is 0 Å². The predicted molar refractivity (Wildman–Crippen MR) is 106 cm³/mol. The quantitative estimate of drug-likeness (QED) is 0.162. The van der Waals surface area contributed by atoms with Gasteiger partial charge >= 0.3 is 5.97 Å². The molecule has 0 radical (unpaired) electrons. The molecule has 3 rings (SSSR count). The SMILES string of the molecule is CSc1ccc(C(=O)OCCCCN2C(=O)c3ccccc3C2=O)cc1[N+](=O)[O-]. The van der Waals surface area contributed by atoms with Gasteiger partial charge in [0.05, 0.1) is 33.1 Å². The Hall–Kier alpha value is -3.20. The van der Waals surface area contributed by atoms with E-state index in [1.807, 2.05) is 0 Å². The Bertz CT molecular complexity index is 956. The first kappa shape index (κ1) is 20.5. The Labute approximate surface area is 171 Å². The second-order valence-electron chi connectivity index (χ2n) is 6.29. The van der Waals surface area contributed by atoms with Crippen LogP contribution in [0.3, 0.4) is 0 Å². The van der Waals surface area contributed by atoms with Gasteiger partial charge in [-0.25, -0.2) is 4.79 Å². The van der Waals surface area contributed by atoms with E-state index >= 15 is 0 Å². The molecule has 29 heavy (non-hydrogen) atoms. The summed E-state index contributed by atoms with van der Waals surface area (Å²) in [6.45, 7) is 0.317. The van der Waals surface area contributed by atoms with E-state index in [1.54, 1.807) is 30.5 Å². The summed E-state index contributed by atoms with van der Waals surface area (Å²) in [5, 5.41) is 11.1. The molecule has 0 spiro atoms. The van der Waals surface area contributed by atoms with Crippen LogP contribution in [0.1, 0.15) is 43.9 Å². The van der Waals surface area contributed by atoms with Crippen LogP contribution in [0.5, 0.6) is 0 Å². The molecule has 0 bridgehead atoms. The highest BCUT2D eigenvalue weighted by Crippen LogP contribution is 2.28. The zero-order valence-corrected chi connectivity index (χ0v) is 16.4. The van der Waals surface area contributed by atoms with Gasteiger partial charge in [0, 0.05) is 12.6 Å². The van der Waals surface area contributed by atoms with Crippen molar-refractivity contribution in [2.24, 2.45) is 0 Å². The van der Waals surface area contributed by atoms with E-state index in [4.69, 9.17) is 4.74 Å². The van der Waals surface area contributed by atoms with Crippen molar-refractivity contribution >= 4 is 35.2 Å². The fourth-order valence-electron chi connectivity index (χ4n) is 3.02. The lowest BCUT2D eigenvalue weighted by molar-refractivity contribution is -0.387. The number of nitro groups is 1. The molecule has 0 fully saturated rings. The van der Waals surface area contributed by atoms with Crippen LogP contribution in [0, 0.1) is 10.1 Å². The van der Waals surface area contributed by atoms with Crippen molar-refractivity contribution in [1.29, 1.82) is 0 Å². The van der Waals surface area contributed by atoms with Gasteiger partial charge in [0.25, 0.3) is 17.5 Å². The van der Waals surface area contributed by atoms with Crippen LogP contribution in [0.2, 0.25) is 0 Å². The average Bonchev–Trinajstić information content (AvgIpc) is 2.97. The van der Waals surface area contributed by atoms with Crippen molar-refractivity contribution in [3.8, 4) is 0 Å². The first-order valence-electron chi connectivity index (χ1n) is 8.89. The molecular formula is C20H18N2O6S. The van der Waals surface area contributed by atoms with Gasteiger partial charge < -0.3 is 4.74 Å². The fourth-order valence-corrected chi connectivity index (χ4v) is 3.57. The molecule has 0 N–H and O–H groups in total. The van der Waals surface area contributed by atoms with Crippen molar-refractivity contribution < 1.29 is 24.0 Å². The van der Waals surface area contributed by atoms with Gasteiger partial charge in [-0.05, 0) is 43.4 Å². The minimum atomic E-state index is -0.651. The molecule has 1 aliphatic rings. The van der Waals surface area contributed by atoms with Crippen LogP contribution in [0.15, 0.2) is 47.4 Å². The minimum absolute atomic E-state index is 0.0834. The number of rotatable bonds is 8. The smallest absolute Gasteiger partial charge is 0.338 e. The summed E-state index contributed by atoms with van der Waals surface area (Å²) < 4.78 is 5.16. The van der Waals surface area contributed by atoms with E-state index in [2.05, 4.69) is 0 Å². The van der Waals surface area contributed by atoms with E-state index in [-0.39, 0.29) is 36.2 Å². The predicted octanol–water partition coefficient (Wildman–Crippen LogP) is 3.55. The van der Waals surface area contributed by atoms with Gasteiger partial charge in [-0.15, -0.1) is 11.8 Å². The van der Waals surface area contributed by atoms with Crippen LogP contribution < -0.4 is 0 Å². The molecule has 150 valence electrons. The molecule has 2 aromatic carbocycles. The normalized spacial score (nSPS) is 12.8. The number of carbonyl (C=O) groups is 3. The van der Waals surface area contributed by atoms with E-state index in [9.17, 15) is 24.5 Å².